The van der Waals surface area contributed by atoms with E-state index in [1.165, 1.54) is 0 Å². The molecule has 0 aliphatic heterocycles. The van der Waals surface area contributed by atoms with Gasteiger partial charge in [0.25, 0.3) is 0 Å². The summed E-state index contributed by atoms with van der Waals surface area (Å²) in [4.78, 5) is 16.8. The van der Waals surface area contributed by atoms with E-state index in [1.807, 2.05) is 18.9 Å². The molecular formula is C12H18N2O3. The third kappa shape index (κ3) is 4.03. The average Bonchev–Trinajstić information content (AvgIpc) is 2.23. The number of pyridine rings is 1. The van der Waals surface area contributed by atoms with Gasteiger partial charge in [-0.1, -0.05) is 6.92 Å². The van der Waals surface area contributed by atoms with Crippen LogP contribution in [-0.4, -0.2) is 39.7 Å². The van der Waals surface area contributed by atoms with Crippen molar-refractivity contribution >= 4 is 5.97 Å². The van der Waals surface area contributed by atoms with Crippen LogP contribution >= 0.6 is 0 Å². The minimum absolute atomic E-state index is 0.144. The Morgan fingerprint density at radius 1 is 1.53 bits per heavy atom. The molecule has 1 atom stereocenters. The summed E-state index contributed by atoms with van der Waals surface area (Å²) < 4.78 is 0. The van der Waals surface area contributed by atoms with Crippen molar-refractivity contribution in [3.05, 3.63) is 23.5 Å². The van der Waals surface area contributed by atoms with E-state index in [9.17, 15) is 9.90 Å². The van der Waals surface area contributed by atoms with Gasteiger partial charge < -0.3 is 10.2 Å². The molecule has 0 bridgehead atoms. The fourth-order valence-electron chi connectivity index (χ4n) is 1.59. The molecule has 0 saturated heterocycles. The first kappa shape index (κ1) is 13.4. The first-order valence-electron chi connectivity index (χ1n) is 5.47. The molecular weight excluding hydrogens is 220 g/mol. The number of carboxylic acids is 1. The van der Waals surface area contributed by atoms with Gasteiger partial charge in [0.1, 0.15) is 5.75 Å². The van der Waals surface area contributed by atoms with Gasteiger partial charge in [-0.2, -0.15) is 0 Å². The molecule has 0 amide bonds. The van der Waals surface area contributed by atoms with Crippen molar-refractivity contribution in [3.8, 4) is 5.75 Å². The number of hydrogen-bond donors (Lipinski definition) is 2. The summed E-state index contributed by atoms with van der Waals surface area (Å²) in [6.07, 6.45) is 0. The number of hydrogen-bond acceptors (Lipinski definition) is 4. The van der Waals surface area contributed by atoms with Crippen LogP contribution in [0.5, 0.6) is 5.75 Å². The largest absolute Gasteiger partial charge is 0.506 e. The van der Waals surface area contributed by atoms with Gasteiger partial charge in [0.05, 0.1) is 11.6 Å². The summed E-state index contributed by atoms with van der Waals surface area (Å²) in [6, 6.07) is 3.34. The Balaban J connectivity index is 2.64. The van der Waals surface area contributed by atoms with Gasteiger partial charge in [0, 0.05) is 18.8 Å². The zero-order valence-electron chi connectivity index (χ0n) is 10.3. The molecule has 0 aliphatic rings. The molecule has 17 heavy (non-hydrogen) atoms. The van der Waals surface area contributed by atoms with E-state index in [2.05, 4.69) is 4.98 Å². The predicted molar refractivity (Wildman–Crippen MR) is 63.8 cm³/mol. The second-order valence-corrected chi connectivity index (χ2v) is 4.35. The summed E-state index contributed by atoms with van der Waals surface area (Å²) in [5, 5.41) is 18.4. The molecule has 0 aromatic carbocycles. The quantitative estimate of drug-likeness (QED) is 0.807. The van der Waals surface area contributed by atoms with Crippen molar-refractivity contribution in [3.63, 3.8) is 0 Å². The van der Waals surface area contributed by atoms with E-state index in [1.54, 1.807) is 19.1 Å². The van der Waals surface area contributed by atoms with Crippen molar-refractivity contribution in [2.24, 2.45) is 5.92 Å². The molecule has 2 N–H and O–H groups in total. The van der Waals surface area contributed by atoms with Crippen molar-refractivity contribution in [1.29, 1.82) is 0 Å². The lowest BCUT2D eigenvalue weighted by Gasteiger charge is -2.19. The maximum absolute atomic E-state index is 10.7. The monoisotopic (exact) mass is 238 g/mol. The first-order chi connectivity index (χ1) is 7.90. The summed E-state index contributed by atoms with van der Waals surface area (Å²) in [5.41, 5.74) is 1.41. The van der Waals surface area contributed by atoms with Gasteiger partial charge in [-0.05, 0) is 26.1 Å². The van der Waals surface area contributed by atoms with E-state index in [0.717, 1.165) is 5.69 Å². The molecule has 94 valence electrons. The fraction of sp³-hybridized carbons (Fsp3) is 0.500. The lowest BCUT2D eigenvalue weighted by molar-refractivity contribution is -0.141. The predicted octanol–water partition coefficient (Wildman–Crippen LogP) is 1.25. The molecule has 1 heterocycles. The molecule has 5 heteroatoms. The van der Waals surface area contributed by atoms with Crippen LogP contribution in [0, 0.1) is 12.8 Å². The molecule has 1 aromatic rings. The number of aryl methyl sites for hydroxylation is 1. The van der Waals surface area contributed by atoms with Crippen LogP contribution in [-0.2, 0) is 11.3 Å². The van der Waals surface area contributed by atoms with Crippen molar-refractivity contribution in [2.45, 2.75) is 20.4 Å². The van der Waals surface area contributed by atoms with Gasteiger partial charge in [0.2, 0.25) is 0 Å². The van der Waals surface area contributed by atoms with Crippen LogP contribution in [0.25, 0.3) is 0 Å². The molecule has 0 saturated carbocycles. The van der Waals surface area contributed by atoms with Crippen LogP contribution in [0.15, 0.2) is 12.1 Å². The molecule has 5 nitrogen and oxygen atoms in total. The molecule has 0 radical (unpaired) electrons. The van der Waals surface area contributed by atoms with Gasteiger partial charge in [0.15, 0.2) is 0 Å². The summed E-state index contributed by atoms with van der Waals surface area (Å²) >= 11 is 0. The van der Waals surface area contributed by atoms with Crippen molar-refractivity contribution in [1.82, 2.24) is 9.88 Å². The number of aromatic hydroxyl groups is 1. The Morgan fingerprint density at radius 3 is 2.76 bits per heavy atom. The number of aliphatic carboxylic acids is 1. The average molecular weight is 238 g/mol. The van der Waals surface area contributed by atoms with Crippen LogP contribution < -0.4 is 0 Å². The van der Waals surface area contributed by atoms with Crippen LogP contribution in [0.3, 0.4) is 0 Å². The highest BCUT2D eigenvalue weighted by atomic mass is 16.4. The van der Waals surface area contributed by atoms with Crippen LogP contribution in [0.4, 0.5) is 0 Å². The number of carbonyl (C=O) groups is 1. The number of nitrogens with zero attached hydrogens (tertiary/aromatic N) is 2. The number of carboxylic acid groups (broad SMARTS) is 1. The van der Waals surface area contributed by atoms with E-state index >= 15 is 0 Å². The van der Waals surface area contributed by atoms with E-state index in [4.69, 9.17) is 5.11 Å². The van der Waals surface area contributed by atoms with E-state index in [0.29, 0.717) is 18.8 Å². The maximum Gasteiger partial charge on any atom is 0.307 e. The first-order valence-corrected chi connectivity index (χ1v) is 5.47. The zero-order chi connectivity index (χ0) is 13.0. The second-order valence-electron chi connectivity index (χ2n) is 4.35. The minimum Gasteiger partial charge on any atom is -0.506 e. The SMILES string of the molecule is Cc1ccc(O)c(CN(C)CC(C)C(=O)O)n1. The highest BCUT2D eigenvalue weighted by Gasteiger charge is 2.15. The van der Waals surface area contributed by atoms with Gasteiger partial charge >= 0.3 is 5.97 Å². The van der Waals surface area contributed by atoms with Crippen molar-refractivity contribution < 1.29 is 15.0 Å². The third-order valence-corrected chi connectivity index (χ3v) is 2.52. The van der Waals surface area contributed by atoms with Gasteiger partial charge in [-0.15, -0.1) is 0 Å². The van der Waals surface area contributed by atoms with Crippen LogP contribution in [0.2, 0.25) is 0 Å². The standard InChI is InChI=1S/C12H18N2O3/c1-8(12(16)17)6-14(3)7-10-11(15)5-4-9(2)13-10/h4-5,8,15H,6-7H2,1-3H3,(H,16,17). The fourth-order valence-corrected chi connectivity index (χ4v) is 1.59. The highest BCUT2D eigenvalue weighted by Crippen LogP contribution is 2.16. The topological polar surface area (TPSA) is 73.7 Å². The maximum atomic E-state index is 10.7. The lowest BCUT2D eigenvalue weighted by Crippen LogP contribution is -2.28. The van der Waals surface area contributed by atoms with E-state index < -0.39 is 11.9 Å². The Labute approximate surface area is 101 Å². The van der Waals surface area contributed by atoms with Gasteiger partial charge in [-0.3, -0.25) is 14.7 Å². The normalized spacial score (nSPS) is 12.7. The molecule has 1 rings (SSSR count). The molecule has 0 spiro atoms. The Hall–Kier alpha value is -1.62. The minimum atomic E-state index is -0.821. The lowest BCUT2D eigenvalue weighted by atomic mass is 10.1. The Bertz CT molecular complexity index is 407. The zero-order valence-corrected chi connectivity index (χ0v) is 10.3. The summed E-state index contributed by atoms with van der Waals surface area (Å²) in [7, 11) is 1.81. The molecule has 1 aromatic heterocycles. The Kier molecular flexibility index (Phi) is 4.45. The summed E-state index contributed by atoms with van der Waals surface area (Å²) in [5.74, 6) is -1.12. The van der Waals surface area contributed by atoms with Crippen molar-refractivity contribution in [2.75, 3.05) is 13.6 Å². The number of aromatic nitrogens is 1. The van der Waals surface area contributed by atoms with Crippen LogP contribution in [0.1, 0.15) is 18.3 Å². The molecule has 0 fully saturated rings. The Morgan fingerprint density at radius 2 is 2.18 bits per heavy atom. The smallest absolute Gasteiger partial charge is 0.307 e. The molecule has 1 unspecified atom stereocenters. The third-order valence-electron chi connectivity index (χ3n) is 2.52. The van der Waals surface area contributed by atoms with Gasteiger partial charge in [-0.25, -0.2) is 0 Å². The van der Waals surface area contributed by atoms with E-state index in [-0.39, 0.29) is 5.75 Å². The highest BCUT2D eigenvalue weighted by molar-refractivity contribution is 5.69. The summed E-state index contributed by atoms with van der Waals surface area (Å²) in [6.45, 7) is 4.36. The number of rotatable bonds is 5. The second kappa shape index (κ2) is 5.63. The molecule has 0 aliphatic carbocycles.